The molecule has 0 amide bonds. The van der Waals surface area contributed by atoms with Crippen LogP contribution in [0.4, 0.5) is 0 Å². The lowest BCUT2D eigenvalue weighted by Gasteiger charge is -2.27. The van der Waals surface area contributed by atoms with Gasteiger partial charge in [-0.15, -0.1) is 0 Å². The first-order valence-electron chi connectivity index (χ1n) is 7.69. The number of hydrogen-bond acceptors (Lipinski definition) is 3. The first-order valence-corrected chi connectivity index (χ1v) is 7.69. The van der Waals surface area contributed by atoms with E-state index < -0.39 is 0 Å². The second kappa shape index (κ2) is 4.87. The Bertz CT molecular complexity index is 756. The lowest BCUT2D eigenvalue weighted by molar-refractivity contribution is 0.0331. The molecule has 4 rings (SSSR count). The maximum Gasteiger partial charge on any atom is 0.167 e. The number of rotatable bonds is 1. The van der Waals surface area contributed by atoms with Crippen LogP contribution in [0.2, 0.25) is 0 Å². The highest BCUT2D eigenvalue weighted by molar-refractivity contribution is 6.05. The minimum absolute atomic E-state index is 0.0277. The SMILES string of the molecule is Cc1cc(C)c(C2=NO[C@H]3c4ccccc4OC[C@H]23)c(C)c1. The summed E-state index contributed by atoms with van der Waals surface area (Å²) in [4.78, 5) is 5.80. The van der Waals surface area contributed by atoms with Crippen molar-refractivity contribution in [2.24, 2.45) is 11.1 Å². The van der Waals surface area contributed by atoms with Crippen molar-refractivity contribution in [1.29, 1.82) is 0 Å². The lowest BCUT2D eigenvalue weighted by Crippen LogP contribution is -2.30. The summed E-state index contributed by atoms with van der Waals surface area (Å²) in [7, 11) is 0. The van der Waals surface area contributed by atoms with Crippen molar-refractivity contribution in [1.82, 2.24) is 0 Å². The van der Waals surface area contributed by atoms with Gasteiger partial charge in [0.05, 0.1) is 11.6 Å². The number of hydrogen-bond donors (Lipinski definition) is 0. The van der Waals surface area contributed by atoms with E-state index in [4.69, 9.17) is 9.57 Å². The van der Waals surface area contributed by atoms with Crippen LogP contribution >= 0.6 is 0 Å². The van der Waals surface area contributed by atoms with E-state index in [1.54, 1.807) is 0 Å². The molecule has 2 aromatic rings. The number of aryl methyl sites for hydroxylation is 3. The van der Waals surface area contributed by atoms with Crippen LogP contribution in [0, 0.1) is 26.7 Å². The largest absolute Gasteiger partial charge is 0.492 e. The average molecular weight is 293 g/mol. The second-order valence-corrected chi connectivity index (χ2v) is 6.23. The molecule has 0 spiro atoms. The molecule has 0 aromatic heterocycles. The maximum absolute atomic E-state index is 5.93. The molecule has 0 N–H and O–H groups in total. The molecule has 0 fully saturated rings. The topological polar surface area (TPSA) is 30.8 Å². The first-order chi connectivity index (χ1) is 10.6. The summed E-state index contributed by atoms with van der Waals surface area (Å²) in [5.41, 5.74) is 7.11. The third kappa shape index (κ3) is 1.92. The Hall–Kier alpha value is -2.29. The minimum Gasteiger partial charge on any atom is -0.492 e. The van der Waals surface area contributed by atoms with Gasteiger partial charge in [0, 0.05) is 11.1 Å². The minimum atomic E-state index is -0.0277. The monoisotopic (exact) mass is 293 g/mol. The Balaban J connectivity index is 1.76. The number of oxime groups is 1. The molecule has 112 valence electrons. The molecule has 3 nitrogen and oxygen atoms in total. The van der Waals surface area contributed by atoms with E-state index in [9.17, 15) is 0 Å². The van der Waals surface area contributed by atoms with E-state index in [1.807, 2.05) is 18.2 Å². The number of ether oxygens (including phenoxy) is 1. The summed E-state index contributed by atoms with van der Waals surface area (Å²) in [6.07, 6.45) is -0.0277. The van der Waals surface area contributed by atoms with Crippen molar-refractivity contribution >= 4 is 5.71 Å². The molecular weight excluding hydrogens is 274 g/mol. The molecule has 2 atom stereocenters. The summed E-state index contributed by atoms with van der Waals surface area (Å²) in [5, 5.41) is 4.44. The molecule has 2 heterocycles. The molecular formula is C19H19NO2. The van der Waals surface area contributed by atoms with Gasteiger partial charge in [0.25, 0.3) is 0 Å². The zero-order valence-corrected chi connectivity index (χ0v) is 13.1. The van der Waals surface area contributed by atoms with E-state index in [0.29, 0.717) is 6.61 Å². The standard InChI is InChI=1S/C19H19NO2/c1-11-8-12(2)17(13(3)9-11)18-15-10-21-16-7-5-4-6-14(16)19(15)22-20-18/h4-9,15,19H,10H2,1-3H3/t15-,19+/m1/s1. The predicted molar refractivity (Wildman–Crippen MR) is 86.4 cm³/mol. The van der Waals surface area contributed by atoms with Crippen molar-refractivity contribution in [3.63, 3.8) is 0 Å². The van der Waals surface area contributed by atoms with Gasteiger partial charge < -0.3 is 9.57 Å². The van der Waals surface area contributed by atoms with Crippen LogP contribution in [-0.2, 0) is 4.84 Å². The van der Waals surface area contributed by atoms with E-state index in [-0.39, 0.29) is 12.0 Å². The summed E-state index contributed by atoms with van der Waals surface area (Å²) in [6, 6.07) is 12.5. The van der Waals surface area contributed by atoms with E-state index in [0.717, 1.165) is 17.0 Å². The molecule has 2 aliphatic heterocycles. The van der Waals surface area contributed by atoms with Gasteiger partial charge in [-0.25, -0.2) is 0 Å². The Morgan fingerprint density at radius 1 is 1.05 bits per heavy atom. The highest BCUT2D eigenvalue weighted by Crippen LogP contribution is 2.43. The van der Waals surface area contributed by atoms with Crippen LogP contribution in [0.5, 0.6) is 5.75 Å². The zero-order valence-electron chi connectivity index (χ0n) is 13.1. The van der Waals surface area contributed by atoms with Crippen molar-refractivity contribution < 1.29 is 9.57 Å². The van der Waals surface area contributed by atoms with E-state index >= 15 is 0 Å². The predicted octanol–water partition coefficient (Wildman–Crippen LogP) is 4.10. The highest BCUT2D eigenvalue weighted by atomic mass is 16.6. The molecule has 0 aliphatic carbocycles. The van der Waals surface area contributed by atoms with E-state index in [1.165, 1.54) is 22.3 Å². The summed E-state index contributed by atoms with van der Waals surface area (Å²) < 4.78 is 5.93. The van der Waals surface area contributed by atoms with Crippen LogP contribution in [0.15, 0.2) is 41.6 Å². The molecule has 22 heavy (non-hydrogen) atoms. The fourth-order valence-corrected chi connectivity index (χ4v) is 3.68. The average Bonchev–Trinajstić information content (AvgIpc) is 2.90. The van der Waals surface area contributed by atoms with Crippen LogP contribution in [0.3, 0.4) is 0 Å². The molecule has 2 aromatic carbocycles. The smallest absolute Gasteiger partial charge is 0.167 e. The Morgan fingerprint density at radius 2 is 1.77 bits per heavy atom. The van der Waals surface area contributed by atoms with Crippen LogP contribution in [0.25, 0.3) is 0 Å². The summed E-state index contributed by atoms with van der Waals surface area (Å²) in [6.45, 7) is 7.03. The summed E-state index contributed by atoms with van der Waals surface area (Å²) in [5.74, 6) is 1.08. The molecule has 0 unspecified atom stereocenters. The third-order valence-electron chi connectivity index (χ3n) is 4.56. The van der Waals surface area contributed by atoms with Crippen molar-refractivity contribution in [2.75, 3.05) is 6.61 Å². The Kier molecular flexibility index (Phi) is 2.96. The van der Waals surface area contributed by atoms with Gasteiger partial charge in [-0.3, -0.25) is 0 Å². The summed E-state index contributed by atoms with van der Waals surface area (Å²) >= 11 is 0. The maximum atomic E-state index is 5.93. The van der Waals surface area contributed by atoms with Gasteiger partial charge in [-0.1, -0.05) is 41.1 Å². The second-order valence-electron chi connectivity index (χ2n) is 6.23. The number of benzene rings is 2. The van der Waals surface area contributed by atoms with Gasteiger partial charge in [-0.2, -0.15) is 0 Å². The van der Waals surface area contributed by atoms with Gasteiger partial charge in [0.2, 0.25) is 0 Å². The van der Waals surface area contributed by atoms with Crippen molar-refractivity contribution in [3.05, 3.63) is 64.2 Å². The molecule has 0 bridgehead atoms. The zero-order chi connectivity index (χ0) is 15.3. The molecule has 3 heteroatoms. The van der Waals surface area contributed by atoms with Crippen molar-refractivity contribution in [2.45, 2.75) is 26.9 Å². The fraction of sp³-hybridized carbons (Fsp3) is 0.316. The van der Waals surface area contributed by atoms with Gasteiger partial charge in [-0.05, 0) is 38.0 Å². The first kappa shape index (κ1) is 13.4. The molecule has 2 aliphatic rings. The van der Waals surface area contributed by atoms with Gasteiger partial charge >= 0.3 is 0 Å². The lowest BCUT2D eigenvalue weighted by atomic mass is 9.84. The highest BCUT2D eigenvalue weighted by Gasteiger charge is 2.41. The molecule has 0 saturated carbocycles. The van der Waals surface area contributed by atoms with Gasteiger partial charge in [0.15, 0.2) is 6.10 Å². The van der Waals surface area contributed by atoms with Crippen LogP contribution < -0.4 is 4.74 Å². The number of fused-ring (bicyclic) bond motifs is 3. The quantitative estimate of drug-likeness (QED) is 0.792. The van der Waals surface area contributed by atoms with Gasteiger partial charge in [0.1, 0.15) is 12.4 Å². The van der Waals surface area contributed by atoms with Crippen LogP contribution in [-0.4, -0.2) is 12.3 Å². The van der Waals surface area contributed by atoms with Crippen molar-refractivity contribution in [3.8, 4) is 5.75 Å². The number of para-hydroxylation sites is 1. The Morgan fingerprint density at radius 3 is 2.55 bits per heavy atom. The van der Waals surface area contributed by atoms with E-state index in [2.05, 4.69) is 44.1 Å². The van der Waals surface area contributed by atoms with Crippen LogP contribution in [0.1, 0.15) is 33.9 Å². The Labute approximate surface area is 130 Å². The fourth-order valence-electron chi connectivity index (χ4n) is 3.68. The molecule has 0 radical (unpaired) electrons. The number of nitrogens with zero attached hydrogens (tertiary/aromatic N) is 1. The normalized spacial score (nSPS) is 22.2. The molecule has 0 saturated heterocycles. The third-order valence-corrected chi connectivity index (χ3v) is 4.56.